The molecule has 2 amide bonds. The van der Waals surface area contributed by atoms with Crippen LogP contribution in [0.2, 0.25) is 0 Å². The third-order valence-electron chi connectivity index (χ3n) is 6.44. The molecule has 0 spiro atoms. The summed E-state index contributed by atoms with van der Waals surface area (Å²) in [6.07, 6.45) is 3.37. The van der Waals surface area contributed by atoms with Crippen LogP contribution >= 0.6 is 0 Å². The molecule has 4 rings (SSSR count). The van der Waals surface area contributed by atoms with Crippen LogP contribution in [0.5, 0.6) is 11.5 Å². The number of amides is 2. The topological polar surface area (TPSA) is 101 Å². The zero-order valence-corrected chi connectivity index (χ0v) is 20.3. The van der Waals surface area contributed by atoms with Crippen molar-refractivity contribution in [3.8, 4) is 11.5 Å². The van der Waals surface area contributed by atoms with Crippen molar-refractivity contribution in [2.75, 3.05) is 20.8 Å². The summed E-state index contributed by atoms with van der Waals surface area (Å²) in [5.74, 6) is 0.207. The number of hydrogen-bond donors (Lipinski definition) is 2. The minimum atomic E-state index is -0.703. The van der Waals surface area contributed by atoms with Gasteiger partial charge in [-0.15, -0.1) is 0 Å². The van der Waals surface area contributed by atoms with Crippen molar-refractivity contribution in [1.82, 2.24) is 15.2 Å². The second kappa shape index (κ2) is 10.6. The predicted octanol–water partition coefficient (Wildman–Crippen LogP) is 3.42. The van der Waals surface area contributed by atoms with E-state index < -0.39 is 17.5 Å². The molecule has 2 aromatic carbocycles. The molecule has 0 radical (unpaired) electrons. The van der Waals surface area contributed by atoms with Crippen molar-refractivity contribution in [1.29, 1.82) is 0 Å². The van der Waals surface area contributed by atoms with Gasteiger partial charge in [-0.25, -0.2) is 0 Å². The maximum Gasteiger partial charge on any atom is 0.261 e. The summed E-state index contributed by atoms with van der Waals surface area (Å²) in [6, 6.07) is 12.1. The Hall–Kier alpha value is -3.81. The van der Waals surface area contributed by atoms with Gasteiger partial charge in [-0.2, -0.15) is 0 Å². The highest BCUT2D eigenvalue weighted by Crippen LogP contribution is 2.34. The summed E-state index contributed by atoms with van der Waals surface area (Å²) in [5, 5.41) is 3.29. The van der Waals surface area contributed by atoms with Gasteiger partial charge in [0.2, 0.25) is 5.91 Å². The van der Waals surface area contributed by atoms with Crippen molar-refractivity contribution in [2.24, 2.45) is 0 Å². The monoisotopic (exact) mass is 477 g/mol. The Morgan fingerprint density at radius 2 is 1.91 bits per heavy atom. The Morgan fingerprint density at radius 1 is 1.14 bits per heavy atom. The first-order valence-electron chi connectivity index (χ1n) is 11.9. The zero-order valence-electron chi connectivity index (χ0n) is 20.3. The number of methoxy groups -OCH3 is 1. The van der Waals surface area contributed by atoms with Crippen LogP contribution in [0.3, 0.4) is 0 Å². The number of aromatic nitrogens is 1. The summed E-state index contributed by atoms with van der Waals surface area (Å²) >= 11 is 0. The Kier molecular flexibility index (Phi) is 7.39. The van der Waals surface area contributed by atoms with Gasteiger partial charge in [0.15, 0.2) is 11.5 Å². The van der Waals surface area contributed by atoms with Crippen molar-refractivity contribution in [3.05, 3.63) is 69.5 Å². The van der Waals surface area contributed by atoms with Gasteiger partial charge < -0.3 is 24.7 Å². The molecule has 1 aliphatic heterocycles. The summed E-state index contributed by atoms with van der Waals surface area (Å²) in [5.41, 5.74) is 1.91. The molecule has 0 fully saturated rings. The normalized spacial score (nSPS) is 14.9. The van der Waals surface area contributed by atoms with E-state index >= 15 is 0 Å². The Morgan fingerprint density at radius 3 is 2.63 bits per heavy atom. The second-order valence-corrected chi connectivity index (χ2v) is 8.66. The number of aromatic amines is 1. The molecule has 1 atom stereocenters. The van der Waals surface area contributed by atoms with Gasteiger partial charge in [0.25, 0.3) is 11.5 Å². The van der Waals surface area contributed by atoms with E-state index in [2.05, 4.69) is 17.2 Å². The summed E-state index contributed by atoms with van der Waals surface area (Å²) < 4.78 is 11.4. The molecule has 1 unspecified atom stereocenters. The van der Waals surface area contributed by atoms with Crippen LogP contribution in [0.25, 0.3) is 10.9 Å². The number of ether oxygens (including phenoxy) is 2. The molecule has 8 nitrogen and oxygen atoms in total. The maximum atomic E-state index is 13.6. The number of rotatable bonds is 8. The first-order chi connectivity index (χ1) is 17.0. The van der Waals surface area contributed by atoms with Gasteiger partial charge in [0.05, 0.1) is 19.2 Å². The molecule has 184 valence electrons. The van der Waals surface area contributed by atoms with Crippen molar-refractivity contribution < 1.29 is 19.1 Å². The number of pyridine rings is 1. The molecule has 0 saturated carbocycles. The number of carbonyl (C=O) groups excluding carboxylic acids is 2. The van der Waals surface area contributed by atoms with Crippen molar-refractivity contribution in [3.63, 3.8) is 0 Å². The lowest BCUT2D eigenvalue weighted by Gasteiger charge is -2.35. The molecule has 2 N–H and O–H groups in total. The van der Waals surface area contributed by atoms with Crippen LogP contribution in [0, 0.1) is 0 Å². The molecule has 1 aliphatic rings. The van der Waals surface area contributed by atoms with Gasteiger partial charge in [0.1, 0.15) is 11.6 Å². The molecule has 2 heterocycles. The van der Waals surface area contributed by atoms with Gasteiger partial charge in [-0.1, -0.05) is 44.0 Å². The van der Waals surface area contributed by atoms with E-state index in [4.69, 9.17) is 9.47 Å². The summed E-state index contributed by atoms with van der Waals surface area (Å²) in [6.45, 7) is 2.86. The molecule has 1 aromatic heterocycles. The Bertz CT molecular complexity index is 1300. The molecular formula is C27H31N3O5. The van der Waals surface area contributed by atoms with Crippen molar-refractivity contribution >= 4 is 22.7 Å². The number of nitrogens with one attached hydrogen (secondary N) is 2. The van der Waals surface area contributed by atoms with Crippen LogP contribution in [0.4, 0.5) is 0 Å². The first-order valence-corrected chi connectivity index (χ1v) is 11.9. The highest BCUT2D eigenvalue weighted by atomic mass is 16.5. The summed E-state index contributed by atoms with van der Waals surface area (Å²) in [7, 11) is 3.09. The van der Waals surface area contributed by atoms with E-state index in [0.29, 0.717) is 35.4 Å². The number of hydrogen-bond acceptors (Lipinski definition) is 5. The molecule has 0 bridgehead atoms. The fraction of sp³-hybridized carbons (Fsp3) is 0.370. The van der Waals surface area contributed by atoms with Crippen LogP contribution < -0.4 is 20.3 Å². The number of fused-ring (bicyclic) bond motifs is 2. The standard InChI is InChI=1S/C27H31N3O5/c1-4-5-8-13-35-24-22(34-3)12-11-18-14-20(25(31)29-23(18)24)27(33)30-16-19-10-7-6-9-17(19)15-21(30)26(32)28-2/h6-7,9-12,14,21H,4-5,8,13,15-16H2,1-3H3,(H,28,32)(H,29,31). The van der Waals surface area contributed by atoms with Gasteiger partial charge in [0, 0.05) is 25.4 Å². The average molecular weight is 478 g/mol. The number of carbonyl (C=O) groups is 2. The highest BCUT2D eigenvalue weighted by molar-refractivity contribution is 6.01. The summed E-state index contributed by atoms with van der Waals surface area (Å²) in [4.78, 5) is 43.7. The fourth-order valence-electron chi connectivity index (χ4n) is 4.51. The number of unbranched alkanes of at least 4 members (excludes halogenated alkanes) is 2. The lowest BCUT2D eigenvalue weighted by atomic mass is 9.93. The van der Waals surface area contributed by atoms with E-state index in [1.807, 2.05) is 24.3 Å². The first kappa shape index (κ1) is 24.3. The molecule has 3 aromatic rings. The lowest BCUT2D eigenvalue weighted by molar-refractivity contribution is -0.125. The SMILES string of the molecule is CCCCCOc1c(OC)ccc2cc(C(=O)N3Cc4ccccc4CC3C(=O)NC)c(=O)[nH]c12. The van der Waals surface area contributed by atoms with E-state index in [9.17, 15) is 14.4 Å². The Balaban J connectivity index is 1.72. The number of benzene rings is 2. The van der Waals surface area contributed by atoms with Crippen LogP contribution in [-0.4, -0.2) is 48.5 Å². The largest absolute Gasteiger partial charge is 0.493 e. The highest BCUT2D eigenvalue weighted by Gasteiger charge is 2.35. The molecular weight excluding hydrogens is 446 g/mol. The van der Waals surface area contributed by atoms with Gasteiger partial charge >= 0.3 is 0 Å². The van der Waals surface area contributed by atoms with Crippen molar-refractivity contribution in [2.45, 2.75) is 45.2 Å². The number of likely N-dealkylation sites (N-methyl/N-ethyl adjacent to an activating group) is 1. The van der Waals surface area contributed by atoms with E-state index in [-0.39, 0.29) is 18.0 Å². The molecule has 0 saturated heterocycles. The number of nitrogens with zero attached hydrogens (tertiary/aromatic N) is 1. The molecule has 8 heteroatoms. The quantitative estimate of drug-likeness (QED) is 0.484. The zero-order chi connectivity index (χ0) is 24.9. The third-order valence-corrected chi connectivity index (χ3v) is 6.44. The average Bonchev–Trinajstić information content (AvgIpc) is 2.89. The number of H-pyrrole nitrogens is 1. The van der Waals surface area contributed by atoms with Gasteiger partial charge in [-0.3, -0.25) is 14.4 Å². The fourth-order valence-corrected chi connectivity index (χ4v) is 4.51. The van der Waals surface area contributed by atoms with Crippen LogP contribution in [0.1, 0.15) is 47.7 Å². The molecule has 35 heavy (non-hydrogen) atoms. The minimum Gasteiger partial charge on any atom is -0.493 e. The van der Waals surface area contributed by atoms with Gasteiger partial charge in [-0.05, 0) is 35.7 Å². The lowest BCUT2D eigenvalue weighted by Crippen LogP contribution is -2.52. The predicted molar refractivity (Wildman–Crippen MR) is 134 cm³/mol. The Labute approximate surface area is 204 Å². The second-order valence-electron chi connectivity index (χ2n) is 8.66. The molecule has 0 aliphatic carbocycles. The van der Waals surface area contributed by atoms with E-state index in [0.717, 1.165) is 30.4 Å². The van der Waals surface area contributed by atoms with Crippen LogP contribution in [0.15, 0.2) is 47.3 Å². The van der Waals surface area contributed by atoms with Crippen LogP contribution in [-0.2, 0) is 17.8 Å². The van der Waals surface area contributed by atoms with E-state index in [1.165, 1.54) is 4.90 Å². The maximum absolute atomic E-state index is 13.6. The smallest absolute Gasteiger partial charge is 0.261 e. The van der Waals surface area contributed by atoms with E-state index in [1.54, 1.807) is 32.4 Å². The minimum absolute atomic E-state index is 0.0205. The third kappa shape index (κ3) is 4.87.